The maximum Gasteiger partial charge on any atom is 0.326 e. The highest BCUT2D eigenvalue weighted by atomic mass is 79.9. The number of hydrogen-bond donors (Lipinski definition) is 2. The number of nitrogens with one attached hydrogen (secondary N) is 1. The van der Waals surface area contributed by atoms with Gasteiger partial charge in [-0.1, -0.05) is 31.4 Å². The number of carboxylic acids is 1. The number of carboxylic acid groups (broad SMARTS) is 1. The van der Waals surface area contributed by atoms with Crippen LogP contribution in [-0.2, 0) is 4.79 Å². The summed E-state index contributed by atoms with van der Waals surface area (Å²) in [7, 11) is 0. The van der Waals surface area contributed by atoms with E-state index in [4.69, 9.17) is 16.7 Å². The number of halogens is 2. The first-order valence-corrected chi connectivity index (χ1v) is 7.11. The van der Waals surface area contributed by atoms with E-state index in [0.29, 0.717) is 21.5 Å². The Kier molecular flexibility index (Phi) is 6.31. The van der Waals surface area contributed by atoms with Crippen LogP contribution in [0.3, 0.4) is 0 Å². The van der Waals surface area contributed by atoms with Gasteiger partial charge >= 0.3 is 5.97 Å². The minimum Gasteiger partial charge on any atom is -0.480 e. The van der Waals surface area contributed by atoms with Crippen LogP contribution in [0.1, 0.15) is 36.5 Å². The SMILES string of the molecule is CCCCC(NC(=O)c1ccc(Br)c(Cl)c1)C(=O)O. The molecular formula is C13H15BrClNO3. The van der Waals surface area contributed by atoms with Crippen molar-refractivity contribution in [3.63, 3.8) is 0 Å². The first kappa shape index (κ1) is 16.0. The van der Waals surface area contributed by atoms with Crippen LogP contribution in [0.4, 0.5) is 0 Å². The minimum absolute atomic E-state index is 0.343. The molecule has 0 fully saturated rings. The average Bonchev–Trinajstić information content (AvgIpc) is 2.37. The number of rotatable bonds is 6. The summed E-state index contributed by atoms with van der Waals surface area (Å²) in [5.41, 5.74) is 0.343. The largest absolute Gasteiger partial charge is 0.480 e. The van der Waals surface area contributed by atoms with Gasteiger partial charge in [-0.25, -0.2) is 4.79 Å². The van der Waals surface area contributed by atoms with Crippen molar-refractivity contribution in [2.45, 2.75) is 32.2 Å². The molecule has 0 aliphatic rings. The van der Waals surface area contributed by atoms with Crippen molar-refractivity contribution in [3.05, 3.63) is 33.3 Å². The van der Waals surface area contributed by atoms with Crippen LogP contribution >= 0.6 is 27.5 Å². The normalized spacial score (nSPS) is 11.9. The van der Waals surface area contributed by atoms with Gasteiger partial charge in [0.05, 0.1) is 5.02 Å². The van der Waals surface area contributed by atoms with Gasteiger partial charge in [0.1, 0.15) is 6.04 Å². The Morgan fingerprint density at radius 2 is 2.16 bits per heavy atom. The summed E-state index contributed by atoms with van der Waals surface area (Å²) in [4.78, 5) is 23.0. The highest BCUT2D eigenvalue weighted by Crippen LogP contribution is 2.23. The lowest BCUT2D eigenvalue weighted by Gasteiger charge is -2.14. The highest BCUT2D eigenvalue weighted by molar-refractivity contribution is 9.10. The number of aliphatic carboxylic acids is 1. The number of amides is 1. The Labute approximate surface area is 125 Å². The summed E-state index contributed by atoms with van der Waals surface area (Å²) in [5.74, 6) is -1.46. The van der Waals surface area contributed by atoms with Crippen molar-refractivity contribution in [1.82, 2.24) is 5.32 Å². The summed E-state index contributed by atoms with van der Waals surface area (Å²) < 4.78 is 0.687. The average molecular weight is 349 g/mol. The van der Waals surface area contributed by atoms with E-state index in [0.717, 1.165) is 12.8 Å². The van der Waals surface area contributed by atoms with Gasteiger partial charge in [0.25, 0.3) is 5.91 Å². The topological polar surface area (TPSA) is 66.4 Å². The van der Waals surface area contributed by atoms with E-state index in [2.05, 4.69) is 21.2 Å². The van der Waals surface area contributed by atoms with Gasteiger partial charge in [0.2, 0.25) is 0 Å². The molecule has 1 amide bonds. The maximum atomic E-state index is 11.9. The molecule has 6 heteroatoms. The van der Waals surface area contributed by atoms with E-state index in [1.165, 1.54) is 6.07 Å². The summed E-state index contributed by atoms with van der Waals surface area (Å²) in [5, 5.41) is 12.0. The van der Waals surface area contributed by atoms with Crippen LogP contribution in [0, 0.1) is 0 Å². The van der Waals surface area contributed by atoms with Gasteiger partial charge in [0.15, 0.2) is 0 Å². The predicted octanol–water partition coefficient (Wildman–Crippen LogP) is 3.48. The lowest BCUT2D eigenvalue weighted by molar-refractivity contribution is -0.139. The highest BCUT2D eigenvalue weighted by Gasteiger charge is 2.20. The zero-order valence-corrected chi connectivity index (χ0v) is 12.8. The van der Waals surface area contributed by atoms with E-state index in [1.807, 2.05) is 6.92 Å². The van der Waals surface area contributed by atoms with E-state index in [9.17, 15) is 9.59 Å². The molecule has 1 unspecified atom stereocenters. The molecule has 0 saturated carbocycles. The molecule has 0 saturated heterocycles. The molecule has 2 N–H and O–H groups in total. The summed E-state index contributed by atoms with van der Waals surface area (Å²) >= 11 is 9.13. The third-order valence-corrected chi connectivity index (χ3v) is 3.86. The summed E-state index contributed by atoms with van der Waals surface area (Å²) in [6.07, 6.45) is 2.05. The number of hydrogen-bond acceptors (Lipinski definition) is 2. The molecule has 0 spiro atoms. The van der Waals surface area contributed by atoms with Crippen molar-refractivity contribution in [2.24, 2.45) is 0 Å². The second kappa shape index (κ2) is 7.50. The van der Waals surface area contributed by atoms with Crippen LogP contribution in [0.2, 0.25) is 5.02 Å². The van der Waals surface area contributed by atoms with Gasteiger partial charge in [-0.05, 0) is 40.5 Å². The van der Waals surface area contributed by atoms with Gasteiger partial charge in [0, 0.05) is 10.0 Å². The molecule has 104 valence electrons. The molecule has 19 heavy (non-hydrogen) atoms. The smallest absolute Gasteiger partial charge is 0.326 e. The van der Waals surface area contributed by atoms with Gasteiger partial charge in [-0.2, -0.15) is 0 Å². The fourth-order valence-corrected chi connectivity index (χ4v) is 1.97. The third kappa shape index (κ3) is 4.84. The maximum absolute atomic E-state index is 11.9. The van der Waals surface area contributed by atoms with E-state index in [1.54, 1.807) is 12.1 Å². The van der Waals surface area contributed by atoms with Crippen molar-refractivity contribution in [1.29, 1.82) is 0 Å². The number of unbranched alkanes of at least 4 members (excludes halogenated alkanes) is 1. The monoisotopic (exact) mass is 347 g/mol. The molecule has 0 heterocycles. The van der Waals surface area contributed by atoms with Gasteiger partial charge in [-0.15, -0.1) is 0 Å². The van der Waals surface area contributed by atoms with Crippen LogP contribution < -0.4 is 5.32 Å². The molecule has 0 radical (unpaired) electrons. The molecule has 1 atom stereocenters. The fraction of sp³-hybridized carbons (Fsp3) is 0.385. The summed E-state index contributed by atoms with van der Waals surface area (Å²) in [6.45, 7) is 1.97. The zero-order chi connectivity index (χ0) is 14.4. The Morgan fingerprint density at radius 1 is 1.47 bits per heavy atom. The van der Waals surface area contributed by atoms with E-state index in [-0.39, 0.29) is 0 Å². The Hall–Kier alpha value is -1.07. The quantitative estimate of drug-likeness (QED) is 0.827. The standard InChI is InChI=1S/C13H15BrClNO3/c1-2-3-4-11(13(18)19)16-12(17)8-5-6-9(14)10(15)7-8/h5-7,11H,2-4H2,1H3,(H,16,17)(H,18,19). The molecule has 4 nitrogen and oxygen atoms in total. The molecule has 0 aliphatic carbocycles. The Bertz CT molecular complexity index is 479. The van der Waals surface area contributed by atoms with Crippen LogP contribution in [-0.4, -0.2) is 23.0 Å². The molecule has 1 aromatic rings. The Balaban J connectivity index is 2.75. The predicted molar refractivity (Wildman–Crippen MR) is 77.6 cm³/mol. The molecule has 1 rings (SSSR count). The number of carbonyl (C=O) groups excluding carboxylic acids is 1. The second-order valence-corrected chi connectivity index (χ2v) is 5.40. The number of benzene rings is 1. The van der Waals surface area contributed by atoms with Crippen molar-refractivity contribution >= 4 is 39.4 Å². The van der Waals surface area contributed by atoms with Crippen LogP contribution in [0.5, 0.6) is 0 Å². The zero-order valence-electron chi connectivity index (χ0n) is 10.5. The second-order valence-electron chi connectivity index (χ2n) is 4.14. The van der Waals surface area contributed by atoms with Gasteiger partial charge < -0.3 is 10.4 Å². The fourth-order valence-electron chi connectivity index (χ4n) is 1.54. The number of carbonyl (C=O) groups is 2. The molecule has 1 aromatic carbocycles. The first-order valence-electron chi connectivity index (χ1n) is 5.94. The molecule has 0 bridgehead atoms. The third-order valence-electron chi connectivity index (χ3n) is 2.63. The molecular weight excluding hydrogens is 334 g/mol. The van der Waals surface area contributed by atoms with Crippen LogP contribution in [0.15, 0.2) is 22.7 Å². The molecule has 0 aromatic heterocycles. The summed E-state index contributed by atoms with van der Waals surface area (Å²) in [6, 6.07) is 3.87. The lowest BCUT2D eigenvalue weighted by Crippen LogP contribution is -2.40. The van der Waals surface area contributed by atoms with Crippen molar-refractivity contribution < 1.29 is 14.7 Å². The van der Waals surface area contributed by atoms with Gasteiger partial charge in [-0.3, -0.25) is 4.79 Å². The Morgan fingerprint density at radius 3 is 2.68 bits per heavy atom. The van der Waals surface area contributed by atoms with E-state index >= 15 is 0 Å². The molecule has 0 aliphatic heterocycles. The minimum atomic E-state index is -1.02. The van der Waals surface area contributed by atoms with E-state index < -0.39 is 17.9 Å². The van der Waals surface area contributed by atoms with Crippen molar-refractivity contribution in [2.75, 3.05) is 0 Å². The first-order chi connectivity index (χ1) is 8.95. The lowest BCUT2D eigenvalue weighted by atomic mass is 10.1. The van der Waals surface area contributed by atoms with Crippen molar-refractivity contribution in [3.8, 4) is 0 Å². The van der Waals surface area contributed by atoms with Crippen LogP contribution in [0.25, 0.3) is 0 Å².